The van der Waals surface area contributed by atoms with E-state index in [2.05, 4.69) is 63.5 Å². The van der Waals surface area contributed by atoms with Gasteiger partial charge in [0.05, 0.1) is 6.20 Å². The van der Waals surface area contributed by atoms with Crippen molar-refractivity contribution in [1.82, 2.24) is 15.2 Å². The highest BCUT2D eigenvalue weighted by atomic mass is 15.3. The summed E-state index contributed by atoms with van der Waals surface area (Å²) in [5.41, 5.74) is 3.19. The average molecular weight is 348 g/mol. The van der Waals surface area contributed by atoms with Crippen LogP contribution in [0.15, 0.2) is 60.8 Å². The van der Waals surface area contributed by atoms with Crippen LogP contribution in [0.25, 0.3) is 0 Å². The summed E-state index contributed by atoms with van der Waals surface area (Å²) in [5.74, 6) is 1.20. The maximum Gasteiger partial charge on any atom is 0.251 e. The number of nitrogens with one attached hydrogen (secondary N) is 1. The molecule has 0 amide bonds. The minimum atomic E-state index is 0.543. The molecule has 0 atom stereocenters. The van der Waals surface area contributed by atoms with Gasteiger partial charge in [-0.2, -0.15) is 10.1 Å². The maximum absolute atomic E-state index is 4.57. The van der Waals surface area contributed by atoms with Crippen molar-refractivity contribution in [2.75, 3.05) is 35.3 Å². The number of aromatic nitrogens is 3. The molecule has 0 aliphatic heterocycles. The Balaban J connectivity index is 1.75. The minimum Gasteiger partial charge on any atom is -0.372 e. The first-order valence-corrected chi connectivity index (χ1v) is 8.81. The Morgan fingerprint density at radius 3 is 2.23 bits per heavy atom. The van der Waals surface area contributed by atoms with E-state index in [0.29, 0.717) is 11.8 Å². The third-order valence-electron chi connectivity index (χ3n) is 4.26. The van der Waals surface area contributed by atoms with Crippen LogP contribution in [0.4, 0.5) is 28.8 Å². The number of rotatable bonds is 7. The lowest BCUT2D eigenvalue weighted by Gasteiger charge is -2.21. The number of hydrogen-bond donors (Lipinski definition) is 1. The monoisotopic (exact) mass is 348 g/mol. The molecule has 0 unspecified atom stereocenters. The van der Waals surface area contributed by atoms with Crippen LogP contribution in [0.1, 0.15) is 13.8 Å². The predicted octanol–water partition coefficient (Wildman–Crippen LogP) is 4.23. The summed E-state index contributed by atoms with van der Waals surface area (Å²) in [5, 5.41) is 11.5. The van der Waals surface area contributed by atoms with Gasteiger partial charge in [-0.15, -0.1) is 5.10 Å². The van der Waals surface area contributed by atoms with E-state index in [0.717, 1.165) is 24.5 Å². The lowest BCUT2D eigenvalue weighted by molar-refractivity contribution is 0.866. The molecule has 0 aliphatic carbocycles. The van der Waals surface area contributed by atoms with Crippen LogP contribution < -0.4 is 15.1 Å². The normalized spacial score (nSPS) is 10.4. The van der Waals surface area contributed by atoms with Crippen LogP contribution in [0.2, 0.25) is 0 Å². The minimum absolute atomic E-state index is 0.543. The smallest absolute Gasteiger partial charge is 0.251 e. The van der Waals surface area contributed by atoms with Gasteiger partial charge in [-0.3, -0.25) is 0 Å². The zero-order chi connectivity index (χ0) is 18.4. The molecule has 0 saturated carbocycles. The SMILES string of the molecule is CCN(CC)c1ccc(Nc2cnnc(N(C)c3ccccc3)n2)cc1. The molecule has 6 heteroatoms. The summed E-state index contributed by atoms with van der Waals surface area (Å²) in [6.45, 7) is 6.31. The van der Waals surface area contributed by atoms with E-state index in [4.69, 9.17) is 0 Å². The molecular weight excluding hydrogens is 324 g/mol. The van der Waals surface area contributed by atoms with E-state index in [1.54, 1.807) is 6.20 Å². The van der Waals surface area contributed by atoms with Crippen molar-refractivity contribution in [3.63, 3.8) is 0 Å². The first kappa shape index (κ1) is 17.7. The van der Waals surface area contributed by atoms with Gasteiger partial charge in [0, 0.05) is 37.2 Å². The molecule has 3 aromatic rings. The van der Waals surface area contributed by atoms with E-state index in [1.807, 2.05) is 42.3 Å². The van der Waals surface area contributed by atoms with Crippen LogP contribution in [0.3, 0.4) is 0 Å². The molecule has 134 valence electrons. The van der Waals surface area contributed by atoms with Crippen molar-refractivity contribution >= 4 is 28.8 Å². The average Bonchev–Trinajstić information content (AvgIpc) is 2.70. The number of anilines is 5. The van der Waals surface area contributed by atoms with Gasteiger partial charge in [0.25, 0.3) is 5.95 Å². The van der Waals surface area contributed by atoms with Crippen molar-refractivity contribution in [2.24, 2.45) is 0 Å². The molecule has 0 bridgehead atoms. The fourth-order valence-electron chi connectivity index (χ4n) is 2.76. The van der Waals surface area contributed by atoms with Gasteiger partial charge in [-0.05, 0) is 50.2 Å². The topological polar surface area (TPSA) is 57.2 Å². The summed E-state index contributed by atoms with van der Waals surface area (Å²) in [6.07, 6.45) is 1.63. The molecule has 1 aromatic heterocycles. The van der Waals surface area contributed by atoms with Crippen molar-refractivity contribution in [3.8, 4) is 0 Å². The number of nitrogens with zero attached hydrogens (tertiary/aromatic N) is 5. The number of benzene rings is 2. The van der Waals surface area contributed by atoms with Gasteiger partial charge in [0.1, 0.15) is 0 Å². The third kappa shape index (κ3) is 4.08. The fourth-order valence-corrected chi connectivity index (χ4v) is 2.76. The highest BCUT2D eigenvalue weighted by Gasteiger charge is 2.09. The zero-order valence-corrected chi connectivity index (χ0v) is 15.4. The van der Waals surface area contributed by atoms with Gasteiger partial charge in [-0.25, -0.2) is 0 Å². The Labute approximate surface area is 154 Å². The fraction of sp³-hybridized carbons (Fsp3) is 0.250. The first-order chi connectivity index (χ1) is 12.7. The molecule has 1 N–H and O–H groups in total. The van der Waals surface area contributed by atoms with Crippen LogP contribution in [0.5, 0.6) is 0 Å². The van der Waals surface area contributed by atoms with Crippen molar-refractivity contribution in [2.45, 2.75) is 13.8 Å². The zero-order valence-electron chi connectivity index (χ0n) is 15.4. The number of hydrogen-bond acceptors (Lipinski definition) is 6. The summed E-state index contributed by atoms with van der Waals surface area (Å²) >= 11 is 0. The first-order valence-electron chi connectivity index (χ1n) is 8.81. The molecule has 1 heterocycles. The van der Waals surface area contributed by atoms with Crippen LogP contribution in [0, 0.1) is 0 Å². The predicted molar refractivity (Wildman–Crippen MR) is 108 cm³/mol. The second-order valence-corrected chi connectivity index (χ2v) is 5.88. The molecule has 2 aromatic carbocycles. The van der Waals surface area contributed by atoms with E-state index in [-0.39, 0.29) is 0 Å². The van der Waals surface area contributed by atoms with E-state index in [9.17, 15) is 0 Å². The Morgan fingerprint density at radius 1 is 0.885 bits per heavy atom. The molecule has 0 radical (unpaired) electrons. The van der Waals surface area contributed by atoms with Crippen LogP contribution in [-0.2, 0) is 0 Å². The highest BCUT2D eigenvalue weighted by molar-refractivity contribution is 5.62. The Bertz CT molecular complexity index is 815. The molecule has 0 aliphatic rings. The maximum atomic E-state index is 4.57. The van der Waals surface area contributed by atoms with Gasteiger partial charge in [0.2, 0.25) is 0 Å². The molecule has 3 rings (SSSR count). The van der Waals surface area contributed by atoms with Crippen molar-refractivity contribution in [1.29, 1.82) is 0 Å². The number of para-hydroxylation sites is 1. The molecule has 0 fully saturated rings. The molecule has 0 spiro atoms. The second kappa shape index (κ2) is 8.29. The van der Waals surface area contributed by atoms with Crippen molar-refractivity contribution in [3.05, 3.63) is 60.8 Å². The van der Waals surface area contributed by atoms with Gasteiger partial charge >= 0.3 is 0 Å². The van der Waals surface area contributed by atoms with Gasteiger partial charge in [-0.1, -0.05) is 18.2 Å². The Morgan fingerprint density at radius 2 is 1.58 bits per heavy atom. The quantitative estimate of drug-likeness (QED) is 0.689. The summed E-state index contributed by atoms with van der Waals surface area (Å²) < 4.78 is 0. The summed E-state index contributed by atoms with van der Waals surface area (Å²) in [6, 6.07) is 18.3. The van der Waals surface area contributed by atoms with Crippen LogP contribution in [-0.4, -0.2) is 35.3 Å². The largest absolute Gasteiger partial charge is 0.372 e. The van der Waals surface area contributed by atoms with Crippen LogP contribution >= 0.6 is 0 Å². The Hall–Kier alpha value is -3.15. The van der Waals surface area contributed by atoms with Crippen molar-refractivity contribution < 1.29 is 0 Å². The lowest BCUT2D eigenvalue weighted by Crippen LogP contribution is -2.21. The van der Waals surface area contributed by atoms with Gasteiger partial charge in [0.15, 0.2) is 5.82 Å². The van der Waals surface area contributed by atoms with Gasteiger partial charge < -0.3 is 15.1 Å². The summed E-state index contributed by atoms with van der Waals surface area (Å²) in [4.78, 5) is 8.78. The standard InChI is InChI=1S/C20H24N6/c1-4-26(5-2)18-13-11-16(12-14-18)22-19-15-21-24-20(23-19)25(3)17-9-7-6-8-10-17/h6-15H,4-5H2,1-3H3,(H,22,23,24). The van der Waals surface area contributed by atoms with E-state index in [1.165, 1.54) is 5.69 Å². The van der Waals surface area contributed by atoms with E-state index < -0.39 is 0 Å². The molecule has 0 saturated heterocycles. The van der Waals surface area contributed by atoms with E-state index >= 15 is 0 Å². The second-order valence-electron chi connectivity index (χ2n) is 5.88. The Kier molecular flexibility index (Phi) is 5.63. The molecular formula is C20H24N6. The highest BCUT2D eigenvalue weighted by Crippen LogP contribution is 2.22. The molecule has 6 nitrogen and oxygen atoms in total. The molecule has 26 heavy (non-hydrogen) atoms. The third-order valence-corrected chi connectivity index (χ3v) is 4.26. The summed E-state index contributed by atoms with van der Waals surface area (Å²) in [7, 11) is 1.93. The lowest BCUT2D eigenvalue weighted by atomic mass is 10.2.